The first-order valence-corrected chi connectivity index (χ1v) is 8.52. The van der Waals surface area contributed by atoms with Crippen LogP contribution in [0.25, 0.3) is 21.5 Å². The van der Waals surface area contributed by atoms with Gasteiger partial charge in [-0.25, -0.2) is 0 Å². The quantitative estimate of drug-likeness (QED) is 0.413. The molecule has 0 saturated heterocycles. The van der Waals surface area contributed by atoms with Gasteiger partial charge in [0.1, 0.15) is 5.75 Å². The third-order valence-electron chi connectivity index (χ3n) is 4.31. The summed E-state index contributed by atoms with van der Waals surface area (Å²) in [6, 6.07) is 27.0. The van der Waals surface area contributed by atoms with Crippen LogP contribution in [0.5, 0.6) is 5.75 Å². The summed E-state index contributed by atoms with van der Waals surface area (Å²) in [5, 5.41) is 4.76. The van der Waals surface area contributed by atoms with Gasteiger partial charge < -0.3 is 4.74 Å². The average molecular weight is 325 g/mol. The summed E-state index contributed by atoms with van der Waals surface area (Å²) in [5.41, 5.74) is 1.96. The molecule has 0 N–H and O–H groups in total. The number of rotatable bonds is 4. The van der Waals surface area contributed by atoms with Crippen molar-refractivity contribution in [2.45, 2.75) is 6.92 Å². The van der Waals surface area contributed by atoms with Crippen molar-refractivity contribution in [3.63, 3.8) is 0 Å². The third kappa shape index (κ3) is 3.11. The molecule has 0 aliphatic heterocycles. The van der Waals surface area contributed by atoms with Gasteiger partial charge in [0.2, 0.25) is 0 Å². The number of ether oxygens (including phenoxy) is 1. The molecule has 122 valence electrons. The summed E-state index contributed by atoms with van der Waals surface area (Å²) in [6.45, 7) is 2.63. The molecular weight excluding hydrogens is 306 g/mol. The molecule has 0 unspecified atom stereocenters. The van der Waals surface area contributed by atoms with Crippen LogP contribution < -0.4 is 4.74 Å². The van der Waals surface area contributed by atoms with Gasteiger partial charge in [0.05, 0.1) is 12.3 Å². The molecule has 25 heavy (non-hydrogen) atoms. The van der Waals surface area contributed by atoms with Gasteiger partial charge in [-0.15, -0.1) is 0 Å². The first-order valence-electron chi connectivity index (χ1n) is 8.52. The van der Waals surface area contributed by atoms with Crippen molar-refractivity contribution < 1.29 is 4.74 Å². The van der Waals surface area contributed by atoms with Crippen molar-refractivity contribution in [3.05, 3.63) is 84.4 Å². The zero-order chi connectivity index (χ0) is 17.1. The highest BCUT2D eigenvalue weighted by Gasteiger charge is 2.06. The first-order chi connectivity index (χ1) is 12.3. The monoisotopic (exact) mass is 325 g/mol. The fourth-order valence-electron chi connectivity index (χ4n) is 3.09. The third-order valence-corrected chi connectivity index (χ3v) is 4.31. The molecule has 0 amide bonds. The smallest absolute Gasteiger partial charge is 0.128 e. The standard InChI is InChI=1S/C23H19NO/c1-2-25-23-14-12-18-8-5-6-10-21(18)22(23)16-24-20-13-11-17-7-3-4-9-19(17)15-20/h3-16H,2H2,1H3. The van der Waals surface area contributed by atoms with Crippen molar-refractivity contribution >= 4 is 33.4 Å². The zero-order valence-electron chi connectivity index (χ0n) is 14.1. The number of benzene rings is 4. The van der Waals surface area contributed by atoms with E-state index in [0.717, 1.165) is 22.4 Å². The Morgan fingerprint density at radius 3 is 2.36 bits per heavy atom. The predicted octanol–water partition coefficient (Wildman–Crippen LogP) is 6.14. The van der Waals surface area contributed by atoms with Crippen LogP contribution in [0.2, 0.25) is 0 Å². The summed E-state index contributed by atoms with van der Waals surface area (Å²) >= 11 is 0. The maximum absolute atomic E-state index is 5.81. The largest absolute Gasteiger partial charge is 0.493 e. The fraction of sp³-hybridized carbons (Fsp3) is 0.0870. The minimum Gasteiger partial charge on any atom is -0.493 e. The van der Waals surface area contributed by atoms with Crippen molar-refractivity contribution in [1.29, 1.82) is 0 Å². The molecule has 0 saturated carbocycles. The summed E-state index contributed by atoms with van der Waals surface area (Å²) < 4.78 is 5.81. The Morgan fingerprint density at radius 2 is 1.52 bits per heavy atom. The number of nitrogens with zero attached hydrogens (tertiary/aromatic N) is 1. The molecule has 2 nitrogen and oxygen atoms in total. The maximum Gasteiger partial charge on any atom is 0.128 e. The van der Waals surface area contributed by atoms with Gasteiger partial charge >= 0.3 is 0 Å². The van der Waals surface area contributed by atoms with E-state index in [1.807, 2.05) is 43.5 Å². The number of hydrogen-bond donors (Lipinski definition) is 0. The Balaban J connectivity index is 1.80. The number of fused-ring (bicyclic) bond motifs is 2. The molecule has 0 atom stereocenters. The van der Waals surface area contributed by atoms with Crippen LogP contribution in [0.3, 0.4) is 0 Å². The Hall–Kier alpha value is -3.13. The Bertz CT molecular complexity index is 1070. The number of aliphatic imine (C=N–C) groups is 1. The molecule has 0 aliphatic carbocycles. The highest BCUT2D eigenvalue weighted by atomic mass is 16.5. The van der Waals surface area contributed by atoms with Crippen LogP contribution in [0.15, 0.2) is 83.9 Å². The summed E-state index contributed by atoms with van der Waals surface area (Å²) in [5.74, 6) is 0.866. The highest BCUT2D eigenvalue weighted by Crippen LogP contribution is 2.28. The van der Waals surface area contributed by atoms with Crippen LogP contribution in [-0.4, -0.2) is 12.8 Å². The zero-order valence-corrected chi connectivity index (χ0v) is 14.1. The van der Waals surface area contributed by atoms with Crippen LogP contribution in [0.1, 0.15) is 12.5 Å². The lowest BCUT2D eigenvalue weighted by atomic mass is 10.0. The van der Waals surface area contributed by atoms with Gasteiger partial charge in [0, 0.05) is 11.8 Å². The van der Waals surface area contributed by atoms with Crippen LogP contribution in [-0.2, 0) is 0 Å². The van der Waals surface area contributed by atoms with Gasteiger partial charge in [-0.3, -0.25) is 4.99 Å². The van der Waals surface area contributed by atoms with Crippen molar-refractivity contribution in [3.8, 4) is 5.75 Å². The molecule has 0 radical (unpaired) electrons. The van der Waals surface area contributed by atoms with Gasteiger partial charge in [-0.1, -0.05) is 60.7 Å². The Kier molecular flexibility index (Phi) is 4.17. The van der Waals surface area contributed by atoms with E-state index in [1.54, 1.807) is 0 Å². The average Bonchev–Trinajstić information content (AvgIpc) is 2.67. The molecule has 0 bridgehead atoms. The predicted molar refractivity (Wildman–Crippen MR) is 106 cm³/mol. The topological polar surface area (TPSA) is 21.6 Å². The molecule has 2 heteroatoms. The molecule has 0 aromatic heterocycles. The first kappa shape index (κ1) is 15.4. The molecule has 4 aromatic carbocycles. The van der Waals surface area contributed by atoms with E-state index in [9.17, 15) is 0 Å². The van der Waals surface area contributed by atoms with Crippen molar-refractivity contribution in [1.82, 2.24) is 0 Å². The van der Waals surface area contributed by atoms with E-state index in [0.29, 0.717) is 6.61 Å². The van der Waals surface area contributed by atoms with Crippen LogP contribution in [0, 0.1) is 0 Å². The molecule has 4 aromatic rings. The van der Waals surface area contributed by atoms with E-state index in [-0.39, 0.29) is 0 Å². The van der Waals surface area contributed by atoms with E-state index in [2.05, 4.69) is 48.5 Å². The maximum atomic E-state index is 5.81. The van der Waals surface area contributed by atoms with Gasteiger partial charge in [-0.2, -0.15) is 0 Å². The summed E-state index contributed by atoms with van der Waals surface area (Å²) in [7, 11) is 0. The Morgan fingerprint density at radius 1 is 0.800 bits per heavy atom. The molecule has 4 rings (SSSR count). The van der Waals surface area contributed by atoms with E-state index >= 15 is 0 Å². The summed E-state index contributed by atoms with van der Waals surface area (Å²) in [4.78, 5) is 4.71. The second-order valence-electron chi connectivity index (χ2n) is 5.92. The fourth-order valence-corrected chi connectivity index (χ4v) is 3.09. The van der Waals surface area contributed by atoms with E-state index < -0.39 is 0 Å². The SMILES string of the molecule is CCOc1ccc2ccccc2c1C=Nc1ccc2ccccc2c1. The second kappa shape index (κ2) is 6.78. The van der Waals surface area contributed by atoms with Crippen molar-refractivity contribution in [2.24, 2.45) is 4.99 Å². The van der Waals surface area contributed by atoms with Gasteiger partial charge in [0.25, 0.3) is 0 Å². The van der Waals surface area contributed by atoms with Gasteiger partial charge in [0.15, 0.2) is 0 Å². The lowest BCUT2D eigenvalue weighted by Crippen LogP contribution is -1.97. The number of hydrogen-bond acceptors (Lipinski definition) is 2. The molecule has 0 fully saturated rings. The van der Waals surface area contributed by atoms with Crippen LogP contribution in [0.4, 0.5) is 5.69 Å². The van der Waals surface area contributed by atoms with Gasteiger partial charge in [-0.05, 0) is 46.7 Å². The van der Waals surface area contributed by atoms with Crippen LogP contribution >= 0.6 is 0 Å². The lowest BCUT2D eigenvalue weighted by Gasteiger charge is -2.10. The van der Waals surface area contributed by atoms with E-state index in [4.69, 9.17) is 9.73 Å². The Labute approximate surface area is 147 Å². The molecular formula is C23H19NO. The normalized spacial score (nSPS) is 11.4. The lowest BCUT2D eigenvalue weighted by molar-refractivity contribution is 0.340. The minimum atomic E-state index is 0.634. The summed E-state index contributed by atoms with van der Waals surface area (Å²) in [6.07, 6.45) is 1.91. The molecule has 0 aliphatic rings. The minimum absolute atomic E-state index is 0.634. The van der Waals surface area contributed by atoms with Crippen molar-refractivity contribution in [2.75, 3.05) is 6.61 Å². The molecule has 0 spiro atoms. The van der Waals surface area contributed by atoms with E-state index in [1.165, 1.54) is 16.2 Å². The highest BCUT2D eigenvalue weighted by molar-refractivity contribution is 6.03. The second-order valence-corrected chi connectivity index (χ2v) is 5.92. The molecule has 0 heterocycles.